The predicted octanol–water partition coefficient (Wildman–Crippen LogP) is 7.08. The van der Waals surface area contributed by atoms with Crippen molar-refractivity contribution in [3.63, 3.8) is 0 Å². The minimum Gasteiger partial charge on any atom is -0.323 e. The number of hydrogen-bond donors (Lipinski definition) is 0. The number of hydrogen-bond acceptors (Lipinski definition) is 1. The molecule has 1 aromatic rings. The zero-order valence-electron chi connectivity index (χ0n) is 16.4. The quantitative estimate of drug-likeness (QED) is 0.211. The van der Waals surface area contributed by atoms with Crippen LogP contribution in [0.25, 0.3) is 0 Å². The topological polar surface area (TPSA) is 13.1 Å². The van der Waals surface area contributed by atoms with Gasteiger partial charge in [-0.15, -0.1) is 0 Å². The molecular weight excluding hydrogens is 330 g/mol. The summed E-state index contributed by atoms with van der Waals surface area (Å²) in [5.74, 6) is 0. The molecule has 25 heavy (non-hydrogen) atoms. The summed E-state index contributed by atoms with van der Waals surface area (Å²) in [6.07, 6.45) is 23.4. The summed E-state index contributed by atoms with van der Waals surface area (Å²) in [5.41, 5.74) is 0. The number of pyridine rings is 1. The molecule has 0 spiro atoms. The van der Waals surface area contributed by atoms with Gasteiger partial charge in [-0.3, -0.25) is 0 Å². The predicted molar refractivity (Wildman–Crippen MR) is 108 cm³/mol. The van der Waals surface area contributed by atoms with Crippen LogP contribution >= 0.6 is 11.6 Å². The minimum atomic E-state index is 0.596. The van der Waals surface area contributed by atoms with E-state index in [9.17, 15) is 0 Å². The third kappa shape index (κ3) is 14.3. The van der Waals surface area contributed by atoms with Gasteiger partial charge in [0, 0.05) is 6.07 Å². The van der Waals surface area contributed by atoms with Gasteiger partial charge in [0.15, 0.2) is 12.4 Å². The van der Waals surface area contributed by atoms with E-state index in [2.05, 4.69) is 6.92 Å². The Morgan fingerprint density at radius 2 is 1.32 bits per heavy atom. The fourth-order valence-corrected chi connectivity index (χ4v) is 3.34. The Hall–Kier alpha value is -0.600. The molecule has 0 aliphatic rings. The second kappa shape index (κ2) is 16.8. The second-order valence-corrected chi connectivity index (χ2v) is 7.61. The summed E-state index contributed by atoms with van der Waals surface area (Å²) in [7, 11) is 0. The normalized spacial score (nSPS) is 11.1. The van der Waals surface area contributed by atoms with Crippen LogP contribution in [-0.2, 0) is 11.5 Å². The SMILES string of the molecule is CCCCCCCCCCCCCCCCOC[n+]1cccc(Cl)c1. The van der Waals surface area contributed by atoms with Crippen molar-refractivity contribution in [3.8, 4) is 0 Å². The maximum Gasteiger partial charge on any atom is 0.252 e. The highest BCUT2D eigenvalue weighted by Crippen LogP contribution is 2.12. The molecule has 0 radical (unpaired) electrons. The van der Waals surface area contributed by atoms with E-state index < -0.39 is 0 Å². The zero-order valence-corrected chi connectivity index (χ0v) is 17.1. The number of aromatic nitrogens is 1. The van der Waals surface area contributed by atoms with Crippen molar-refractivity contribution >= 4 is 11.6 Å². The lowest BCUT2D eigenvalue weighted by molar-refractivity contribution is -0.732. The monoisotopic (exact) mass is 368 g/mol. The largest absolute Gasteiger partial charge is 0.323 e. The second-order valence-electron chi connectivity index (χ2n) is 7.17. The van der Waals surface area contributed by atoms with E-state index >= 15 is 0 Å². The van der Waals surface area contributed by atoms with Crippen molar-refractivity contribution in [2.24, 2.45) is 0 Å². The summed E-state index contributed by atoms with van der Waals surface area (Å²) in [6.45, 7) is 3.73. The van der Waals surface area contributed by atoms with Crippen LogP contribution in [0.5, 0.6) is 0 Å². The Kier molecular flexibility index (Phi) is 15.1. The average Bonchev–Trinajstić information content (AvgIpc) is 2.61. The van der Waals surface area contributed by atoms with E-state index in [0.717, 1.165) is 11.6 Å². The third-order valence-corrected chi connectivity index (χ3v) is 4.93. The van der Waals surface area contributed by atoms with Gasteiger partial charge in [-0.05, 0) is 12.5 Å². The van der Waals surface area contributed by atoms with Crippen molar-refractivity contribution in [3.05, 3.63) is 29.5 Å². The number of halogens is 1. The molecule has 0 aromatic carbocycles. The highest BCUT2D eigenvalue weighted by molar-refractivity contribution is 6.30. The Balaban J connectivity index is 1.75. The molecule has 0 saturated carbocycles. The molecule has 0 amide bonds. The van der Waals surface area contributed by atoms with E-state index in [4.69, 9.17) is 16.3 Å². The Morgan fingerprint density at radius 3 is 1.84 bits per heavy atom. The van der Waals surface area contributed by atoms with Gasteiger partial charge in [0.25, 0.3) is 6.73 Å². The van der Waals surface area contributed by atoms with Gasteiger partial charge in [0.05, 0.1) is 6.61 Å². The smallest absolute Gasteiger partial charge is 0.252 e. The van der Waals surface area contributed by atoms with E-state index in [0.29, 0.717) is 6.73 Å². The summed E-state index contributed by atoms with van der Waals surface area (Å²) in [4.78, 5) is 0. The molecule has 0 N–H and O–H groups in total. The molecule has 0 bridgehead atoms. The molecule has 3 heteroatoms. The van der Waals surface area contributed by atoms with E-state index in [1.165, 1.54) is 89.9 Å². The maximum absolute atomic E-state index is 5.94. The number of unbranched alkanes of at least 4 members (excludes halogenated alkanes) is 13. The van der Waals surface area contributed by atoms with Crippen LogP contribution in [0.4, 0.5) is 0 Å². The summed E-state index contributed by atoms with van der Waals surface area (Å²) in [6, 6.07) is 3.82. The summed E-state index contributed by atoms with van der Waals surface area (Å²) >= 11 is 5.94. The Morgan fingerprint density at radius 1 is 0.800 bits per heavy atom. The number of nitrogens with zero attached hydrogens (tertiary/aromatic N) is 1. The van der Waals surface area contributed by atoms with Crippen LogP contribution in [0, 0.1) is 0 Å². The van der Waals surface area contributed by atoms with Gasteiger partial charge in [-0.2, -0.15) is 4.57 Å². The average molecular weight is 369 g/mol. The van der Waals surface area contributed by atoms with Crippen molar-refractivity contribution < 1.29 is 9.30 Å². The van der Waals surface area contributed by atoms with Crippen molar-refractivity contribution in [1.82, 2.24) is 0 Å². The molecular formula is C22H39ClNO+. The van der Waals surface area contributed by atoms with Crippen LogP contribution < -0.4 is 4.57 Å². The van der Waals surface area contributed by atoms with Crippen molar-refractivity contribution in [1.29, 1.82) is 0 Å². The van der Waals surface area contributed by atoms with Crippen LogP contribution in [0.2, 0.25) is 5.02 Å². The highest BCUT2D eigenvalue weighted by Gasteiger charge is 2.00. The first-order valence-corrected chi connectivity index (χ1v) is 10.9. The van der Waals surface area contributed by atoms with Gasteiger partial charge in [0.2, 0.25) is 0 Å². The molecule has 0 aliphatic heterocycles. The lowest BCUT2D eigenvalue weighted by Crippen LogP contribution is -2.34. The van der Waals surface area contributed by atoms with Gasteiger partial charge in [-0.25, -0.2) is 0 Å². The van der Waals surface area contributed by atoms with E-state index in [-0.39, 0.29) is 0 Å². The Bertz CT molecular complexity index is 411. The molecule has 0 fully saturated rings. The molecule has 0 saturated heterocycles. The van der Waals surface area contributed by atoms with Gasteiger partial charge in [0.1, 0.15) is 5.02 Å². The number of rotatable bonds is 17. The molecule has 1 heterocycles. The van der Waals surface area contributed by atoms with Crippen LogP contribution in [0.15, 0.2) is 24.5 Å². The van der Waals surface area contributed by atoms with Crippen LogP contribution in [-0.4, -0.2) is 6.61 Å². The fourth-order valence-electron chi connectivity index (χ4n) is 3.14. The Labute approximate surface area is 160 Å². The van der Waals surface area contributed by atoms with Gasteiger partial charge < -0.3 is 4.74 Å². The molecule has 144 valence electrons. The lowest BCUT2D eigenvalue weighted by atomic mass is 10.0. The third-order valence-electron chi connectivity index (χ3n) is 4.70. The fraction of sp³-hybridized carbons (Fsp3) is 0.773. The molecule has 1 rings (SSSR count). The zero-order chi connectivity index (χ0) is 18.0. The first-order chi connectivity index (χ1) is 12.3. The molecule has 1 aromatic heterocycles. The lowest BCUT2D eigenvalue weighted by Gasteiger charge is -2.03. The van der Waals surface area contributed by atoms with Crippen molar-refractivity contribution in [2.75, 3.05) is 6.61 Å². The molecule has 2 nitrogen and oxygen atoms in total. The van der Waals surface area contributed by atoms with Gasteiger partial charge in [-0.1, -0.05) is 102 Å². The molecule has 0 unspecified atom stereocenters. The first kappa shape index (κ1) is 22.4. The maximum atomic E-state index is 5.94. The van der Waals surface area contributed by atoms with E-state index in [1.807, 2.05) is 29.1 Å². The first-order valence-electron chi connectivity index (χ1n) is 10.6. The summed E-state index contributed by atoms with van der Waals surface area (Å²) < 4.78 is 7.66. The molecule has 0 atom stereocenters. The van der Waals surface area contributed by atoms with Crippen LogP contribution in [0.3, 0.4) is 0 Å². The number of ether oxygens (including phenoxy) is 1. The van der Waals surface area contributed by atoms with Crippen molar-refractivity contribution in [2.45, 2.75) is 104 Å². The summed E-state index contributed by atoms with van der Waals surface area (Å²) in [5, 5.41) is 0.752. The molecule has 0 aliphatic carbocycles. The highest BCUT2D eigenvalue weighted by atomic mass is 35.5. The van der Waals surface area contributed by atoms with Crippen LogP contribution in [0.1, 0.15) is 96.8 Å². The standard InChI is InChI=1S/C22H39ClNO/c1-2-3-4-5-6-7-8-9-10-11-12-13-14-15-19-25-21-24-18-16-17-22(23)20-24/h16-18,20H,2-15,19,21H2,1H3/q+1. The minimum absolute atomic E-state index is 0.596. The van der Waals surface area contributed by atoms with E-state index in [1.54, 1.807) is 0 Å². The van der Waals surface area contributed by atoms with Gasteiger partial charge >= 0.3 is 0 Å².